The van der Waals surface area contributed by atoms with Crippen molar-refractivity contribution in [2.45, 2.75) is 51.4 Å². The summed E-state index contributed by atoms with van der Waals surface area (Å²) in [5.74, 6) is -3.10. The topological polar surface area (TPSA) is 82.7 Å². The average Bonchev–Trinajstić information content (AvgIpc) is 3.41. The number of rotatable bonds is 7. The van der Waals surface area contributed by atoms with Gasteiger partial charge in [0.25, 0.3) is 5.56 Å². The van der Waals surface area contributed by atoms with Crippen molar-refractivity contribution in [2.75, 3.05) is 25.0 Å². The van der Waals surface area contributed by atoms with E-state index in [-0.39, 0.29) is 0 Å². The number of halogens is 3. The number of carbonyl (C=O) groups excluding carboxylic acids is 2. The van der Waals surface area contributed by atoms with Gasteiger partial charge < -0.3 is 14.6 Å². The van der Waals surface area contributed by atoms with E-state index in [0.29, 0.717) is 41.1 Å². The molecule has 2 fully saturated rings. The van der Waals surface area contributed by atoms with E-state index >= 15 is 0 Å². The molecule has 3 aromatic rings. The van der Waals surface area contributed by atoms with Crippen molar-refractivity contribution in [3.63, 3.8) is 0 Å². The summed E-state index contributed by atoms with van der Waals surface area (Å²) in [6.45, 7) is 4.68. The minimum Gasteiger partial charge on any atom is -0.382 e. The van der Waals surface area contributed by atoms with E-state index < -0.39 is 29.2 Å². The number of aromatic amines is 1. The second kappa shape index (κ2) is 12.1. The number of fused-ring (bicyclic) bond motifs is 1. The Morgan fingerprint density at radius 3 is 2.43 bits per heavy atom. The number of hydrogen-bond donors (Lipinski definition) is 1. The maximum Gasteiger partial charge on any atom is 0.491 e. The second-order valence-corrected chi connectivity index (χ2v) is 11.2. The van der Waals surface area contributed by atoms with Gasteiger partial charge in [0.05, 0.1) is 5.69 Å². The van der Waals surface area contributed by atoms with Gasteiger partial charge in [0, 0.05) is 31.4 Å². The van der Waals surface area contributed by atoms with E-state index in [1.807, 2.05) is 30.3 Å². The van der Waals surface area contributed by atoms with Crippen LogP contribution in [0.5, 0.6) is 0 Å². The van der Waals surface area contributed by atoms with Gasteiger partial charge in [-0.2, -0.15) is 13.2 Å². The molecule has 7 nitrogen and oxygen atoms in total. The summed E-state index contributed by atoms with van der Waals surface area (Å²) in [4.78, 5) is 43.3. The molecular formula is C32H34F3N3O4. The highest BCUT2D eigenvalue weighted by Crippen LogP contribution is 2.40. The number of carbonyl (C=O) groups is 2. The Morgan fingerprint density at radius 1 is 1.05 bits per heavy atom. The average molecular weight is 582 g/mol. The van der Waals surface area contributed by atoms with Gasteiger partial charge in [-0.05, 0) is 73.0 Å². The summed E-state index contributed by atoms with van der Waals surface area (Å²) in [7, 11) is 2.22. The van der Waals surface area contributed by atoms with Crippen LogP contribution in [-0.4, -0.2) is 54.2 Å². The number of nitrogens with one attached hydrogen (secondary N) is 1. The van der Waals surface area contributed by atoms with Crippen molar-refractivity contribution >= 4 is 17.6 Å². The number of anilines is 1. The van der Waals surface area contributed by atoms with Crippen molar-refractivity contribution in [2.24, 2.45) is 11.8 Å². The number of esters is 2. The van der Waals surface area contributed by atoms with Crippen molar-refractivity contribution in [3.05, 3.63) is 87.7 Å². The molecule has 1 aliphatic heterocycles. The molecule has 1 saturated heterocycles. The predicted octanol–water partition coefficient (Wildman–Crippen LogP) is 5.59. The second-order valence-electron chi connectivity index (χ2n) is 11.2. The van der Waals surface area contributed by atoms with Gasteiger partial charge in [-0.3, -0.25) is 9.69 Å². The van der Waals surface area contributed by atoms with Crippen LogP contribution >= 0.6 is 0 Å². The summed E-state index contributed by atoms with van der Waals surface area (Å²) in [5, 5.41) is 0. The third kappa shape index (κ3) is 6.28. The van der Waals surface area contributed by atoms with Crippen LogP contribution < -0.4 is 10.5 Å². The molecule has 1 aromatic heterocycles. The number of ether oxygens (including phenoxy) is 1. The monoisotopic (exact) mass is 581 g/mol. The van der Waals surface area contributed by atoms with E-state index in [2.05, 4.69) is 50.8 Å². The number of pyridine rings is 1. The summed E-state index contributed by atoms with van der Waals surface area (Å²) >= 11 is 0. The molecule has 2 heterocycles. The van der Waals surface area contributed by atoms with Crippen molar-refractivity contribution in [1.82, 2.24) is 9.88 Å². The molecule has 0 spiro atoms. The standard InChI is InChI=1S/C32H34F3N3O4/c1-3-21-16-25(30(40)42-31(41)32(33,34)35)29(39)36-28(21)22-12-14-24(15-13-22)38-18-23-10-7-11-27(26(23)19-38)37(2)17-20-8-5-4-6-9-20/h4-6,8-9,12-16,23,26-27H,3,7,10-11,17-19H2,1-2H3,(H,36,39)/t23-,26+,27-/m1/s1. The number of aromatic nitrogens is 1. The summed E-state index contributed by atoms with van der Waals surface area (Å²) in [5.41, 5.74) is 2.52. The Morgan fingerprint density at radius 2 is 1.76 bits per heavy atom. The minimum absolute atomic E-state index is 0.384. The van der Waals surface area contributed by atoms with Crippen LogP contribution in [0, 0.1) is 11.8 Å². The first-order valence-electron chi connectivity index (χ1n) is 14.2. The van der Waals surface area contributed by atoms with E-state index in [9.17, 15) is 27.6 Å². The van der Waals surface area contributed by atoms with Crippen LogP contribution in [0.2, 0.25) is 0 Å². The Bertz CT molecular complexity index is 1490. The molecule has 0 amide bonds. The predicted molar refractivity (Wildman–Crippen MR) is 153 cm³/mol. The number of benzene rings is 2. The van der Waals surface area contributed by atoms with Crippen molar-refractivity contribution < 1.29 is 27.5 Å². The molecule has 0 radical (unpaired) electrons. The van der Waals surface area contributed by atoms with Gasteiger partial charge in [0.2, 0.25) is 0 Å². The minimum atomic E-state index is -5.34. The molecular weight excluding hydrogens is 547 g/mol. The van der Waals surface area contributed by atoms with Crippen molar-refractivity contribution in [1.29, 1.82) is 0 Å². The molecule has 10 heteroatoms. The smallest absolute Gasteiger partial charge is 0.382 e. The summed E-state index contributed by atoms with van der Waals surface area (Å²) < 4.78 is 41.4. The third-order valence-corrected chi connectivity index (χ3v) is 8.56. The first-order chi connectivity index (χ1) is 20.0. The van der Waals surface area contributed by atoms with Gasteiger partial charge in [-0.15, -0.1) is 0 Å². The van der Waals surface area contributed by atoms with Crippen LogP contribution in [0.3, 0.4) is 0 Å². The maximum atomic E-state index is 12.6. The molecule has 2 aromatic carbocycles. The lowest BCUT2D eigenvalue weighted by atomic mass is 9.77. The fraction of sp³-hybridized carbons (Fsp3) is 0.406. The highest BCUT2D eigenvalue weighted by Gasteiger charge is 2.43. The first kappa shape index (κ1) is 29.6. The highest BCUT2D eigenvalue weighted by molar-refractivity contribution is 5.98. The zero-order chi connectivity index (χ0) is 30.0. The number of alkyl halides is 3. The maximum absolute atomic E-state index is 12.6. The SMILES string of the molecule is CCc1cc(C(=O)OC(=O)C(F)(F)F)c(=O)[nH]c1-c1ccc(N2C[C@H]3CCC[C@@H](N(C)Cc4ccccc4)[C@H]3C2)cc1. The molecule has 42 heavy (non-hydrogen) atoms. The molecule has 0 bridgehead atoms. The van der Waals surface area contributed by atoms with Gasteiger partial charge in [-0.25, -0.2) is 9.59 Å². The molecule has 0 unspecified atom stereocenters. The van der Waals surface area contributed by atoms with Gasteiger partial charge in [-0.1, -0.05) is 55.8 Å². The van der Waals surface area contributed by atoms with E-state index in [4.69, 9.17) is 0 Å². The lowest BCUT2D eigenvalue weighted by Gasteiger charge is -2.39. The normalized spacial score (nSPS) is 20.4. The molecule has 1 N–H and O–H groups in total. The number of aryl methyl sites for hydroxylation is 1. The number of H-pyrrole nitrogens is 1. The fourth-order valence-corrected chi connectivity index (χ4v) is 6.48. The Kier molecular flexibility index (Phi) is 8.54. The van der Waals surface area contributed by atoms with Crippen LogP contribution in [0.4, 0.5) is 18.9 Å². The highest BCUT2D eigenvalue weighted by atomic mass is 19.4. The molecule has 1 aliphatic carbocycles. The Labute approximate surface area is 242 Å². The largest absolute Gasteiger partial charge is 0.491 e. The third-order valence-electron chi connectivity index (χ3n) is 8.56. The quantitative estimate of drug-likeness (QED) is 0.290. The summed E-state index contributed by atoms with van der Waals surface area (Å²) in [6.07, 6.45) is -1.32. The van der Waals surface area contributed by atoms with Gasteiger partial charge >= 0.3 is 18.1 Å². The van der Waals surface area contributed by atoms with E-state index in [1.165, 1.54) is 30.9 Å². The summed E-state index contributed by atoms with van der Waals surface area (Å²) in [6, 6.07) is 20.1. The molecule has 2 aliphatic rings. The van der Waals surface area contributed by atoms with Gasteiger partial charge in [0.1, 0.15) is 5.56 Å². The molecule has 1 saturated carbocycles. The van der Waals surface area contributed by atoms with Crippen molar-refractivity contribution in [3.8, 4) is 11.3 Å². The van der Waals surface area contributed by atoms with E-state index in [0.717, 1.165) is 25.3 Å². The lowest BCUT2D eigenvalue weighted by molar-refractivity contribution is -0.193. The zero-order valence-electron chi connectivity index (χ0n) is 23.6. The zero-order valence-corrected chi connectivity index (χ0v) is 23.6. The molecule has 222 valence electrons. The van der Waals surface area contributed by atoms with Crippen LogP contribution in [0.15, 0.2) is 65.5 Å². The Hall–Kier alpha value is -3.92. The Balaban J connectivity index is 1.30. The number of nitrogens with zero attached hydrogens (tertiary/aromatic N) is 2. The van der Waals surface area contributed by atoms with E-state index in [1.54, 1.807) is 6.92 Å². The van der Waals surface area contributed by atoms with Crippen LogP contribution in [0.1, 0.15) is 47.7 Å². The van der Waals surface area contributed by atoms with Crippen LogP contribution in [-0.2, 0) is 22.5 Å². The fourth-order valence-electron chi connectivity index (χ4n) is 6.48. The first-order valence-corrected chi connectivity index (χ1v) is 14.2. The molecule has 3 atom stereocenters. The molecule has 5 rings (SSSR count). The lowest BCUT2D eigenvalue weighted by Crippen LogP contribution is -2.43. The van der Waals surface area contributed by atoms with Gasteiger partial charge in [0.15, 0.2) is 0 Å². The van der Waals surface area contributed by atoms with Crippen LogP contribution in [0.25, 0.3) is 11.3 Å². The number of hydrogen-bond acceptors (Lipinski definition) is 6.